The van der Waals surface area contributed by atoms with Gasteiger partial charge in [0.15, 0.2) is 0 Å². The molecular formula is C7H14N2. The molecule has 0 radical (unpaired) electrons. The summed E-state index contributed by atoms with van der Waals surface area (Å²) in [6.45, 7) is 2.11. The van der Waals surface area contributed by atoms with Crippen LogP contribution in [0.3, 0.4) is 0 Å². The van der Waals surface area contributed by atoms with E-state index in [2.05, 4.69) is 12.0 Å². The first-order chi connectivity index (χ1) is 4.20. The highest BCUT2D eigenvalue weighted by atomic mass is 15.4. The Kier molecular flexibility index (Phi) is 1.74. The van der Waals surface area contributed by atoms with Crippen LogP contribution in [0.5, 0.6) is 0 Å². The maximum absolute atomic E-state index is 4.29. The van der Waals surface area contributed by atoms with Crippen molar-refractivity contribution in [1.29, 1.82) is 0 Å². The summed E-state index contributed by atoms with van der Waals surface area (Å²) in [5.74, 6) is 0.812. The molecule has 1 aliphatic rings. The van der Waals surface area contributed by atoms with Crippen molar-refractivity contribution in [2.45, 2.75) is 19.8 Å². The van der Waals surface area contributed by atoms with Gasteiger partial charge in [0.05, 0.1) is 0 Å². The van der Waals surface area contributed by atoms with Gasteiger partial charge in [-0.15, -0.1) is 0 Å². The molecule has 0 unspecified atom stereocenters. The van der Waals surface area contributed by atoms with Crippen molar-refractivity contribution >= 4 is 5.71 Å². The number of hydrogen-bond acceptors (Lipinski definition) is 2. The van der Waals surface area contributed by atoms with Gasteiger partial charge in [0.1, 0.15) is 0 Å². The van der Waals surface area contributed by atoms with E-state index in [1.165, 1.54) is 18.6 Å². The molecule has 9 heavy (non-hydrogen) atoms. The molecule has 0 aromatic heterocycles. The standard InChI is InChI=1S/C7H14N2/c1-6(7-4-5-7)8-9(2)3/h7H,4-5H2,1-3H3/b8-6+. The van der Waals surface area contributed by atoms with Gasteiger partial charge < -0.3 is 5.01 Å². The van der Waals surface area contributed by atoms with Crippen molar-refractivity contribution in [1.82, 2.24) is 5.01 Å². The van der Waals surface area contributed by atoms with Crippen LogP contribution in [-0.2, 0) is 0 Å². The summed E-state index contributed by atoms with van der Waals surface area (Å²) in [6.07, 6.45) is 2.70. The normalized spacial score (nSPS) is 20.1. The molecule has 0 amide bonds. The van der Waals surface area contributed by atoms with Crippen LogP contribution in [0.4, 0.5) is 0 Å². The average Bonchev–Trinajstić information content (AvgIpc) is 2.40. The Balaban J connectivity index is 2.37. The molecular weight excluding hydrogens is 112 g/mol. The first-order valence-electron chi connectivity index (χ1n) is 3.42. The van der Waals surface area contributed by atoms with Crippen LogP contribution in [0.2, 0.25) is 0 Å². The lowest BCUT2D eigenvalue weighted by atomic mass is 10.3. The maximum Gasteiger partial charge on any atom is 0.0380 e. The van der Waals surface area contributed by atoms with Crippen molar-refractivity contribution in [3.8, 4) is 0 Å². The van der Waals surface area contributed by atoms with Gasteiger partial charge in [-0.1, -0.05) is 0 Å². The monoisotopic (exact) mass is 126 g/mol. The molecule has 0 N–H and O–H groups in total. The highest BCUT2D eigenvalue weighted by molar-refractivity contribution is 5.86. The fourth-order valence-electron chi connectivity index (χ4n) is 0.898. The maximum atomic E-state index is 4.29. The van der Waals surface area contributed by atoms with Crippen LogP contribution in [0, 0.1) is 5.92 Å². The molecule has 0 saturated heterocycles. The van der Waals surface area contributed by atoms with Gasteiger partial charge in [0.2, 0.25) is 0 Å². The molecule has 1 fully saturated rings. The third kappa shape index (κ3) is 2.04. The fraction of sp³-hybridized carbons (Fsp3) is 0.857. The summed E-state index contributed by atoms with van der Waals surface area (Å²) in [7, 11) is 3.93. The minimum absolute atomic E-state index is 0.812. The number of nitrogens with zero attached hydrogens (tertiary/aromatic N) is 2. The van der Waals surface area contributed by atoms with E-state index in [9.17, 15) is 0 Å². The van der Waals surface area contributed by atoms with Gasteiger partial charge in [-0.05, 0) is 25.7 Å². The summed E-state index contributed by atoms with van der Waals surface area (Å²) in [5.41, 5.74) is 1.29. The fourth-order valence-corrected chi connectivity index (χ4v) is 0.898. The van der Waals surface area contributed by atoms with Gasteiger partial charge in [0, 0.05) is 19.8 Å². The third-order valence-electron chi connectivity index (χ3n) is 1.53. The van der Waals surface area contributed by atoms with Crippen molar-refractivity contribution < 1.29 is 0 Å². The first kappa shape index (κ1) is 6.59. The van der Waals surface area contributed by atoms with E-state index in [4.69, 9.17) is 0 Å². The van der Waals surface area contributed by atoms with Gasteiger partial charge in [-0.25, -0.2) is 0 Å². The first-order valence-corrected chi connectivity index (χ1v) is 3.42. The molecule has 2 nitrogen and oxygen atoms in total. The van der Waals surface area contributed by atoms with E-state index in [1.807, 2.05) is 19.1 Å². The molecule has 0 aromatic rings. The van der Waals surface area contributed by atoms with E-state index in [0.29, 0.717) is 0 Å². The lowest BCUT2D eigenvalue weighted by molar-refractivity contribution is 0.435. The van der Waals surface area contributed by atoms with Crippen molar-refractivity contribution in [3.05, 3.63) is 0 Å². The van der Waals surface area contributed by atoms with Crippen LogP contribution >= 0.6 is 0 Å². The van der Waals surface area contributed by atoms with Crippen LogP contribution in [0.1, 0.15) is 19.8 Å². The van der Waals surface area contributed by atoms with Crippen molar-refractivity contribution in [2.75, 3.05) is 14.1 Å². The average molecular weight is 126 g/mol. The second-order valence-electron chi connectivity index (χ2n) is 2.86. The molecule has 0 aromatic carbocycles. The zero-order valence-corrected chi connectivity index (χ0v) is 6.39. The zero-order valence-electron chi connectivity index (χ0n) is 6.39. The quantitative estimate of drug-likeness (QED) is 0.402. The smallest absolute Gasteiger partial charge is 0.0380 e. The summed E-state index contributed by atoms with van der Waals surface area (Å²) in [4.78, 5) is 0. The minimum Gasteiger partial charge on any atom is -0.303 e. The second kappa shape index (κ2) is 2.38. The Morgan fingerprint density at radius 1 is 1.44 bits per heavy atom. The Labute approximate surface area is 56.5 Å². The molecule has 0 heterocycles. The SMILES string of the molecule is C/C(=N\N(C)C)C1CC1. The molecule has 0 bridgehead atoms. The van der Waals surface area contributed by atoms with E-state index in [0.717, 1.165) is 5.92 Å². The van der Waals surface area contributed by atoms with Gasteiger partial charge >= 0.3 is 0 Å². The molecule has 2 heteroatoms. The van der Waals surface area contributed by atoms with Crippen LogP contribution in [0.15, 0.2) is 5.10 Å². The topological polar surface area (TPSA) is 15.6 Å². The molecule has 1 rings (SSSR count). The Morgan fingerprint density at radius 3 is 2.33 bits per heavy atom. The Bertz CT molecular complexity index is 123. The van der Waals surface area contributed by atoms with Gasteiger partial charge in [0.25, 0.3) is 0 Å². The van der Waals surface area contributed by atoms with Crippen LogP contribution < -0.4 is 0 Å². The van der Waals surface area contributed by atoms with E-state index in [1.54, 1.807) is 0 Å². The summed E-state index contributed by atoms with van der Waals surface area (Å²) >= 11 is 0. The zero-order chi connectivity index (χ0) is 6.85. The second-order valence-corrected chi connectivity index (χ2v) is 2.86. The lowest BCUT2D eigenvalue weighted by Gasteiger charge is -2.05. The van der Waals surface area contributed by atoms with E-state index >= 15 is 0 Å². The van der Waals surface area contributed by atoms with Crippen molar-refractivity contribution in [3.63, 3.8) is 0 Å². The number of hydrogen-bond donors (Lipinski definition) is 0. The Hall–Kier alpha value is -0.530. The predicted molar refractivity (Wildman–Crippen MR) is 39.5 cm³/mol. The molecule has 0 spiro atoms. The molecule has 52 valence electrons. The lowest BCUT2D eigenvalue weighted by Crippen LogP contribution is -2.07. The molecule has 0 aliphatic heterocycles. The van der Waals surface area contributed by atoms with Gasteiger partial charge in [-0.2, -0.15) is 5.10 Å². The summed E-state index contributed by atoms with van der Waals surface area (Å²) in [6, 6.07) is 0. The summed E-state index contributed by atoms with van der Waals surface area (Å²) in [5, 5.41) is 6.16. The highest BCUT2D eigenvalue weighted by Gasteiger charge is 2.24. The molecule has 1 saturated carbocycles. The largest absolute Gasteiger partial charge is 0.303 e. The molecule has 0 atom stereocenters. The van der Waals surface area contributed by atoms with Gasteiger partial charge in [-0.3, -0.25) is 0 Å². The molecule has 1 aliphatic carbocycles. The van der Waals surface area contributed by atoms with Crippen LogP contribution in [0.25, 0.3) is 0 Å². The van der Waals surface area contributed by atoms with Crippen molar-refractivity contribution in [2.24, 2.45) is 11.0 Å². The highest BCUT2D eigenvalue weighted by Crippen LogP contribution is 2.30. The Morgan fingerprint density at radius 2 is 2.00 bits per heavy atom. The third-order valence-corrected chi connectivity index (χ3v) is 1.53. The number of rotatable bonds is 2. The minimum atomic E-state index is 0.812. The predicted octanol–water partition coefficient (Wildman–Crippen LogP) is 1.33. The van der Waals surface area contributed by atoms with E-state index < -0.39 is 0 Å². The number of hydrazone groups is 1. The van der Waals surface area contributed by atoms with Crippen LogP contribution in [-0.4, -0.2) is 24.8 Å². The summed E-state index contributed by atoms with van der Waals surface area (Å²) < 4.78 is 0. The van der Waals surface area contributed by atoms with E-state index in [-0.39, 0.29) is 0 Å².